The first-order valence-corrected chi connectivity index (χ1v) is 9.96. The van der Waals surface area contributed by atoms with E-state index in [0.717, 1.165) is 40.9 Å². The molecule has 4 aromatic rings. The molecule has 0 aliphatic carbocycles. The van der Waals surface area contributed by atoms with Gasteiger partial charge in [0, 0.05) is 35.9 Å². The molecule has 2 aromatic heterocycles. The highest BCUT2D eigenvalue weighted by Crippen LogP contribution is 2.19. The molecule has 0 atom stereocenters. The smallest absolute Gasteiger partial charge is 0.191 e. The maximum Gasteiger partial charge on any atom is 0.191 e. The molecule has 0 saturated heterocycles. The van der Waals surface area contributed by atoms with Gasteiger partial charge in [-0.2, -0.15) is 0 Å². The van der Waals surface area contributed by atoms with Gasteiger partial charge in [-0.1, -0.05) is 18.2 Å². The van der Waals surface area contributed by atoms with Crippen LogP contribution in [0.1, 0.15) is 18.3 Å². The predicted octanol–water partition coefficient (Wildman–Crippen LogP) is 3.80. The summed E-state index contributed by atoms with van der Waals surface area (Å²) in [5, 5.41) is 15.7. The first-order chi connectivity index (χ1) is 14.7. The van der Waals surface area contributed by atoms with Crippen LogP contribution in [0.5, 0.6) is 0 Å². The van der Waals surface area contributed by atoms with E-state index in [1.165, 1.54) is 6.07 Å². The summed E-state index contributed by atoms with van der Waals surface area (Å²) in [5.41, 5.74) is 3.00. The van der Waals surface area contributed by atoms with E-state index in [9.17, 15) is 4.39 Å². The molecule has 9 heteroatoms. The third-order valence-electron chi connectivity index (χ3n) is 4.79. The van der Waals surface area contributed by atoms with Gasteiger partial charge in [0.25, 0.3) is 0 Å². The average Bonchev–Trinajstić information content (AvgIpc) is 3.39. The highest BCUT2D eigenvalue weighted by atomic mass is 127. The summed E-state index contributed by atoms with van der Waals surface area (Å²) in [6.07, 6.45) is 4.36. The summed E-state index contributed by atoms with van der Waals surface area (Å²) in [6, 6.07) is 14.7. The molecule has 0 aliphatic rings. The number of nitrogens with zero attached hydrogens (tertiary/aromatic N) is 4. The molecule has 0 aliphatic heterocycles. The second-order valence-corrected chi connectivity index (χ2v) is 6.83. The second-order valence-electron chi connectivity index (χ2n) is 6.83. The highest BCUT2D eigenvalue weighted by Gasteiger charge is 2.08. The van der Waals surface area contributed by atoms with Gasteiger partial charge >= 0.3 is 0 Å². The molecule has 2 aromatic carbocycles. The van der Waals surface area contributed by atoms with E-state index in [2.05, 4.69) is 30.8 Å². The SMILES string of the molecule is CCNC(=NCc1nncn1-c1ccccc1)NCCc1c[nH]c2ccc(F)cc12.I. The van der Waals surface area contributed by atoms with Crippen molar-refractivity contribution in [1.82, 2.24) is 30.4 Å². The quantitative estimate of drug-likeness (QED) is 0.192. The largest absolute Gasteiger partial charge is 0.361 e. The molecule has 7 nitrogen and oxygen atoms in total. The monoisotopic (exact) mass is 533 g/mol. The zero-order valence-corrected chi connectivity index (χ0v) is 19.5. The second kappa shape index (κ2) is 10.9. The van der Waals surface area contributed by atoms with E-state index < -0.39 is 0 Å². The lowest BCUT2D eigenvalue weighted by Crippen LogP contribution is -2.38. The topological polar surface area (TPSA) is 82.9 Å². The maximum absolute atomic E-state index is 13.6. The number of aromatic amines is 1. The zero-order chi connectivity index (χ0) is 20.8. The molecular formula is C22H25FIN7. The lowest BCUT2D eigenvalue weighted by Gasteiger charge is -2.11. The zero-order valence-electron chi connectivity index (χ0n) is 17.2. The normalized spacial score (nSPS) is 11.4. The third kappa shape index (κ3) is 5.60. The number of halogens is 2. The van der Waals surface area contributed by atoms with Crippen LogP contribution < -0.4 is 10.6 Å². The van der Waals surface area contributed by atoms with E-state index in [1.54, 1.807) is 18.5 Å². The summed E-state index contributed by atoms with van der Waals surface area (Å²) < 4.78 is 15.5. The van der Waals surface area contributed by atoms with Gasteiger partial charge in [-0.3, -0.25) is 4.57 Å². The van der Waals surface area contributed by atoms with E-state index in [-0.39, 0.29) is 29.8 Å². The van der Waals surface area contributed by atoms with Gasteiger partial charge in [-0.15, -0.1) is 34.2 Å². The van der Waals surface area contributed by atoms with Crippen LogP contribution in [-0.2, 0) is 13.0 Å². The van der Waals surface area contributed by atoms with Crippen LogP contribution in [0.3, 0.4) is 0 Å². The molecule has 0 bridgehead atoms. The molecule has 0 saturated carbocycles. The first-order valence-electron chi connectivity index (χ1n) is 9.96. The number of para-hydroxylation sites is 1. The van der Waals surface area contributed by atoms with Crippen molar-refractivity contribution in [3.63, 3.8) is 0 Å². The van der Waals surface area contributed by atoms with Crippen LogP contribution in [0.25, 0.3) is 16.6 Å². The fourth-order valence-electron chi connectivity index (χ4n) is 3.34. The Morgan fingerprint density at radius 2 is 2.00 bits per heavy atom. The van der Waals surface area contributed by atoms with Crippen molar-refractivity contribution in [3.8, 4) is 5.69 Å². The van der Waals surface area contributed by atoms with Crippen LogP contribution in [0.4, 0.5) is 4.39 Å². The predicted molar refractivity (Wildman–Crippen MR) is 132 cm³/mol. The lowest BCUT2D eigenvalue weighted by molar-refractivity contribution is 0.629. The van der Waals surface area contributed by atoms with Crippen LogP contribution in [0.2, 0.25) is 0 Å². The minimum Gasteiger partial charge on any atom is -0.361 e. The number of guanidine groups is 1. The minimum atomic E-state index is -0.228. The maximum atomic E-state index is 13.6. The number of aliphatic imine (C=N–C) groups is 1. The summed E-state index contributed by atoms with van der Waals surface area (Å²) in [6.45, 7) is 3.82. The van der Waals surface area contributed by atoms with Crippen molar-refractivity contribution in [2.24, 2.45) is 4.99 Å². The van der Waals surface area contributed by atoms with Gasteiger partial charge in [0.1, 0.15) is 18.7 Å². The van der Waals surface area contributed by atoms with Crippen LogP contribution in [-0.4, -0.2) is 38.8 Å². The molecule has 0 unspecified atom stereocenters. The molecule has 2 heterocycles. The first kappa shape index (κ1) is 22.7. The van der Waals surface area contributed by atoms with E-state index in [0.29, 0.717) is 19.0 Å². The van der Waals surface area contributed by atoms with Crippen molar-refractivity contribution in [1.29, 1.82) is 0 Å². The molecule has 0 radical (unpaired) electrons. The lowest BCUT2D eigenvalue weighted by atomic mass is 10.1. The summed E-state index contributed by atoms with van der Waals surface area (Å²) >= 11 is 0. The fraction of sp³-hybridized carbons (Fsp3) is 0.227. The van der Waals surface area contributed by atoms with Crippen LogP contribution in [0.15, 0.2) is 66.0 Å². The van der Waals surface area contributed by atoms with Crippen molar-refractivity contribution < 1.29 is 4.39 Å². The molecule has 3 N–H and O–H groups in total. The van der Waals surface area contributed by atoms with Crippen molar-refractivity contribution >= 4 is 40.8 Å². The van der Waals surface area contributed by atoms with E-state index in [1.807, 2.05) is 48.0 Å². The summed E-state index contributed by atoms with van der Waals surface area (Å²) in [7, 11) is 0. The Labute approximate surface area is 197 Å². The standard InChI is InChI=1S/C22H24FN7.HI/c1-2-24-22(25-11-10-16-13-26-20-9-8-17(23)12-19(16)20)27-14-21-29-28-15-30(21)18-6-4-3-5-7-18;/h3-9,12-13,15,26H,2,10-11,14H2,1H3,(H2,24,25,27);1H. The highest BCUT2D eigenvalue weighted by molar-refractivity contribution is 14.0. The molecule has 4 rings (SSSR count). The summed E-state index contributed by atoms with van der Waals surface area (Å²) in [5.74, 6) is 1.23. The van der Waals surface area contributed by atoms with Crippen LogP contribution >= 0.6 is 24.0 Å². The number of H-pyrrole nitrogens is 1. The minimum absolute atomic E-state index is 0. The van der Waals surface area contributed by atoms with Gasteiger partial charge in [0.05, 0.1) is 0 Å². The Balaban J connectivity index is 0.00000272. The Bertz CT molecular complexity index is 1140. The van der Waals surface area contributed by atoms with Gasteiger partial charge in [0.15, 0.2) is 11.8 Å². The molecule has 0 amide bonds. The number of benzene rings is 2. The third-order valence-corrected chi connectivity index (χ3v) is 4.79. The fourth-order valence-corrected chi connectivity index (χ4v) is 3.34. The Morgan fingerprint density at radius 3 is 2.81 bits per heavy atom. The molecular weight excluding hydrogens is 508 g/mol. The molecule has 0 spiro atoms. The van der Waals surface area contributed by atoms with Gasteiger partial charge < -0.3 is 15.6 Å². The van der Waals surface area contributed by atoms with Crippen molar-refractivity contribution in [3.05, 3.63) is 78.3 Å². The number of rotatable bonds is 7. The number of hydrogen-bond donors (Lipinski definition) is 3. The number of nitrogens with one attached hydrogen (secondary N) is 3. The summed E-state index contributed by atoms with van der Waals surface area (Å²) in [4.78, 5) is 7.83. The number of aromatic nitrogens is 4. The Kier molecular flexibility index (Phi) is 7.99. The van der Waals surface area contributed by atoms with Gasteiger partial charge in [-0.25, -0.2) is 9.38 Å². The number of fused-ring (bicyclic) bond motifs is 1. The Hall–Kier alpha value is -2.95. The molecule has 31 heavy (non-hydrogen) atoms. The van der Waals surface area contributed by atoms with Crippen LogP contribution in [0, 0.1) is 5.82 Å². The van der Waals surface area contributed by atoms with Gasteiger partial charge in [0.2, 0.25) is 0 Å². The van der Waals surface area contributed by atoms with E-state index >= 15 is 0 Å². The molecule has 0 fully saturated rings. The van der Waals surface area contributed by atoms with E-state index in [4.69, 9.17) is 0 Å². The van der Waals surface area contributed by atoms with Crippen molar-refractivity contribution in [2.45, 2.75) is 19.9 Å². The Morgan fingerprint density at radius 1 is 1.16 bits per heavy atom. The average molecular weight is 533 g/mol. The number of hydrogen-bond acceptors (Lipinski definition) is 3. The molecule has 162 valence electrons. The van der Waals surface area contributed by atoms with Crippen molar-refractivity contribution in [2.75, 3.05) is 13.1 Å². The van der Waals surface area contributed by atoms with Gasteiger partial charge in [-0.05, 0) is 49.2 Å².